The van der Waals surface area contributed by atoms with Gasteiger partial charge in [-0.3, -0.25) is 4.79 Å². The van der Waals surface area contributed by atoms with Crippen LogP contribution in [0, 0.1) is 0 Å². The first kappa shape index (κ1) is 17.5. The molecule has 0 fully saturated rings. The largest absolute Gasteiger partial charge is 0.493 e. The van der Waals surface area contributed by atoms with E-state index in [4.69, 9.17) is 4.74 Å². The van der Waals surface area contributed by atoms with Crippen LogP contribution in [0.25, 0.3) is 0 Å². The number of carbonyl (C=O) groups excluding carboxylic acids is 1. The molecule has 0 saturated carbocycles. The summed E-state index contributed by atoms with van der Waals surface area (Å²) in [5, 5.41) is 3.01. The van der Waals surface area contributed by atoms with E-state index in [9.17, 15) is 13.2 Å². The molecular weight excluding hydrogens is 366 g/mol. The molecule has 2 aliphatic rings. The summed E-state index contributed by atoms with van der Waals surface area (Å²) in [6.45, 7) is 0.540. The number of ether oxygens (including phenoxy) is 1. The van der Waals surface area contributed by atoms with Crippen LogP contribution in [0.15, 0.2) is 57.8 Å². The van der Waals surface area contributed by atoms with E-state index >= 15 is 0 Å². The van der Waals surface area contributed by atoms with Gasteiger partial charge in [0, 0.05) is 24.6 Å². The van der Waals surface area contributed by atoms with Gasteiger partial charge < -0.3 is 15.0 Å². The van der Waals surface area contributed by atoms with Crippen LogP contribution in [-0.4, -0.2) is 45.3 Å². The van der Waals surface area contributed by atoms with Gasteiger partial charge in [0.2, 0.25) is 5.91 Å². The van der Waals surface area contributed by atoms with E-state index in [1.165, 1.54) is 6.07 Å². The van der Waals surface area contributed by atoms with Gasteiger partial charge in [-0.25, -0.2) is 0 Å². The maximum Gasteiger partial charge on any atom is 0.285 e. The van der Waals surface area contributed by atoms with Gasteiger partial charge in [-0.1, -0.05) is 30.3 Å². The van der Waals surface area contributed by atoms with Crippen molar-refractivity contribution in [2.24, 2.45) is 4.40 Å². The molecule has 0 bridgehead atoms. The molecule has 27 heavy (non-hydrogen) atoms. The second kappa shape index (κ2) is 6.70. The van der Waals surface area contributed by atoms with Gasteiger partial charge in [-0.15, -0.1) is 4.40 Å². The van der Waals surface area contributed by atoms with Gasteiger partial charge in [0.1, 0.15) is 10.6 Å². The minimum Gasteiger partial charge on any atom is -0.493 e. The minimum absolute atomic E-state index is 0.00219. The third kappa shape index (κ3) is 3.28. The van der Waals surface area contributed by atoms with Gasteiger partial charge in [-0.05, 0) is 18.2 Å². The Bertz CT molecular complexity index is 1030. The van der Waals surface area contributed by atoms with Gasteiger partial charge >= 0.3 is 0 Å². The number of nitrogens with zero attached hydrogens (tertiary/aromatic N) is 2. The highest BCUT2D eigenvalue weighted by Gasteiger charge is 2.31. The molecule has 0 spiro atoms. The zero-order chi connectivity index (χ0) is 19.0. The standard InChI is InChI=1S/C19H19N3O4S/c1-22(19-14-7-3-5-9-17(14)27(24,25)21-19)12-18(23)20-15-10-11-26-16-8-4-2-6-13(15)16/h2-9,15H,10-12H2,1H3,(H,20,23). The Morgan fingerprint density at radius 1 is 1.22 bits per heavy atom. The summed E-state index contributed by atoms with van der Waals surface area (Å²) in [6, 6.07) is 14.1. The summed E-state index contributed by atoms with van der Waals surface area (Å²) in [7, 11) is -2.04. The average Bonchev–Trinajstić information content (AvgIpc) is 2.94. The van der Waals surface area contributed by atoms with E-state index in [1.807, 2.05) is 24.3 Å². The van der Waals surface area contributed by atoms with E-state index in [1.54, 1.807) is 30.1 Å². The SMILES string of the molecule is CN(CC(=O)NC1CCOc2ccccc21)C1=NS(=O)(=O)c2ccccc21. The highest BCUT2D eigenvalue weighted by Crippen LogP contribution is 2.31. The summed E-state index contributed by atoms with van der Waals surface area (Å²) < 4.78 is 33.8. The fraction of sp³-hybridized carbons (Fsp3) is 0.263. The molecule has 1 N–H and O–H groups in total. The normalized spacial score (nSPS) is 19.3. The zero-order valence-electron chi connectivity index (χ0n) is 14.8. The van der Waals surface area contributed by atoms with Gasteiger partial charge in [0.25, 0.3) is 10.0 Å². The van der Waals surface area contributed by atoms with E-state index in [0.29, 0.717) is 18.6 Å². The molecular formula is C19H19N3O4S. The van der Waals surface area contributed by atoms with E-state index in [2.05, 4.69) is 9.71 Å². The highest BCUT2D eigenvalue weighted by atomic mass is 32.2. The van der Waals surface area contributed by atoms with Crippen molar-refractivity contribution in [1.82, 2.24) is 10.2 Å². The van der Waals surface area contributed by atoms with E-state index < -0.39 is 10.0 Å². The first-order valence-electron chi connectivity index (χ1n) is 8.62. The summed E-state index contributed by atoms with van der Waals surface area (Å²) >= 11 is 0. The number of rotatable bonds is 3. The molecule has 4 rings (SSSR count). The van der Waals surface area contributed by atoms with Crippen molar-refractivity contribution in [2.45, 2.75) is 17.4 Å². The lowest BCUT2D eigenvalue weighted by molar-refractivity contribution is -0.122. The molecule has 0 aromatic heterocycles. The predicted molar refractivity (Wildman–Crippen MR) is 100 cm³/mol. The number of hydrogen-bond donors (Lipinski definition) is 1. The fourth-order valence-electron chi connectivity index (χ4n) is 3.39. The Labute approximate surface area is 157 Å². The fourth-order valence-corrected chi connectivity index (χ4v) is 4.64. The summed E-state index contributed by atoms with van der Waals surface area (Å²) in [5.74, 6) is 0.861. The number of hydrogen-bond acceptors (Lipinski definition) is 5. The first-order chi connectivity index (χ1) is 13.0. The van der Waals surface area contributed by atoms with Gasteiger partial charge in [0.05, 0.1) is 19.2 Å². The van der Waals surface area contributed by atoms with Gasteiger partial charge in [0.15, 0.2) is 5.84 Å². The van der Waals surface area contributed by atoms with E-state index in [-0.39, 0.29) is 29.2 Å². The van der Waals surface area contributed by atoms with Crippen molar-refractivity contribution in [2.75, 3.05) is 20.2 Å². The molecule has 2 aromatic carbocycles. The highest BCUT2D eigenvalue weighted by molar-refractivity contribution is 7.90. The summed E-state index contributed by atoms with van der Waals surface area (Å²) in [5.41, 5.74) is 1.47. The lowest BCUT2D eigenvalue weighted by Gasteiger charge is -2.27. The number of amidine groups is 1. The molecule has 1 amide bonds. The second-order valence-corrected chi connectivity index (χ2v) is 8.11. The number of benzene rings is 2. The van der Waals surface area contributed by atoms with E-state index in [0.717, 1.165) is 11.3 Å². The van der Waals surface area contributed by atoms with Crippen LogP contribution in [-0.2, 0) is 14.8 Å². The second-order valence-electron chi connectivity index (χ2n) is 6.54. The van der Waals surface area contributed by atoms with Crippen LogP contribution < -0.4 is 10.1 Å². The molecule has 0 saturated heterocycles. The Morgan fingerprint density at radius 3 is 2.81 bits per heavy atom. The van der Waals surface area contributed by atoms with Crippen LogP contribution in [0.4, 0.5) is 0 Å². The third-order valence-electron chi connectivity index (χ3n) is 4.65. The number of nitrogens with one attached hydrogen (secondary N) is 1. The van der Waals surface area contributed by atoms with Crippen LogP contribution in [0.3, 0.4) is 0 Å². The monoisotopic (exact) mass is 385 g/mol. The van der Waals surface area contributed by atoms with Crippen molar-refractivity contribution in [3.63, 3.8) is 0 Å². The maximum absolute atomic E-state index is 12.6. The quantitative estimate of drug-likeness (QED) is 0.869. The van der Waals surface area contributed by atoms with Crippen molar-refractivity contribution in [3.05, 3.63) is 59.7 Å². The van der Waals surface area contributed by atoms with Crippen LogP contribution in [0.5, 0.6) is 5.75 Å². The van der Waals surface area contributed by atoms with Crippen LogP contribution in [0.2, 0.25) is 0 Å². The number of sulfonamides is 1. The Hall–Kier alpha value is -2.87. The third-order valence-corrected chi connectivity index (χ3v) is 5.97. The maximum atomic E-state index is 12.6. The molecule has 0 aliphatic carbocycles. The van der Waals surface area contributed by atoms with Crippen LogP contribution in [0.1, 0.15) is 23.6 Å². The van der Waals surface area contributed by atoms with Crippen molar-refractivity contribution in [3.8, 4) is 5.75 Å². The Kier molecular flexibility index (Phi) is 4.35. The number of carbonyl (C=O) groups is 1. The topological polar surface area (TPSA) is 88.1 Å². The number of likely N-dealkylation sites (N-methyl/N-ethyl adjacent to an activating group) is 1. The molecule has 1 unspecified atom stereocenters. The smallest absolute Gasteiger partial charge is 0.285 e. The molecule has 0 radical (unpaired) electrons. The Balaban J connectivity index is 1.49. The number of amides is 1. The lowest BCUT2D eigenvalue weighted by atomic mass is 10.0. The first-order valence-corrected chi connectivity index (χ1v) is 10.1. The number of para-hydroxylation sites is 1. The molecule has 2 aromatic rings. The molecule has 1 atom stereocenters. The Morgan fingerprint density at radius 2 is 1.96 bits per heavy atom. The summed E-state index contributed by atoms with van der Waals surface area (Å²) in [6.07, 6.45) is 0.685. The van der Waals surface area contributed by atoms with Crippen molar-refractivity contribution < 1.29 is 17.9 Å². The minimum atomic E-state index is -3.70. The van der Waals surface area contributed by atoms with Crippen molar-refractivity contribution >= 4 is 21.8 Å². The molecule has 8 heteroatoms. The van der Waals surface area contributed by atoms with Gasteiger partial charge in [-0.2, -0.15) is 8.42 Å². The van der Waals surface area contributed by atoms with Crippen molar-refractivity contribution in [1.29, 1.82) is 0 Å². The molecule has 7 nitrogen and oxygen atoms in total. The zero-order valence-corrected chi connectivity index (χ0v) is 15.6. The predicted octanol–water partition coefficient (Wildman–Crippen LogP) is 1.71. The molecule has 140 valence electrons. The van der Waals surface area contributed by atoms with Crippen LogP contribution >= 0.6 is 0 Å². The average molecular weight is 385 g/mol. The molecule has 2 heterocycles. The lowest BCUT2D eigenvalue weighted by Crippen LogP contribution is -2.40. The summed E-state index contributed by atoms with van der Waals surface area (Å²) in [4.78, 5) is 14.3. The molecule has 2 aliphatic heterocycles. The number of fused-ring (bicyclic) bond motifs is 2.